The fourth-order valence-electron chi connectivity index (χ4n) is 4.20. The van der Waals surface area contributed by atoms with E-state index in [0.29, 0.717) is 30.5 Å². The Balaban J connectivity index is 1.33. The first-order valence-corrected chi connectivity index (χ1v) is 12.0. The zero-order valence-electron chi connectivity index (χ0n) is 20.9. The van der Waals surface area contributed by atoms with E-state index < -0.39 is 11.7 Å². The van der Waals surface area contributed by atoms with Crippen LogP contribution in [0, 0.1) is 13.8 Å². The highest BCUT2D eigenvalue weighted by molar-refractivity contribution is 5.92. The Kier molecular flexibility index (Phi) is 7.91. The van der Waals surface area contributed by atoms with Crippen molar-refractivity contribution in [2.24, 2.45) is 0 Å². The first kappa shape index (κ1) is 26.3. The second-order valence-corrected chi connectivity index (χ2v) is 9.04. The maximum atomic E-state index is 12.7. The van der Waals surface area contributed by atoms with Crippen molar-refractivity contribution < 1.29 is 22.7 Å². The van der Waals surface area contributed by atoms with Gasteiger partial charge in [-0.05, 0) is 61.6 Å². The molecule has 0 aliphatic carbocycles. The number of amides is 1. The van der Waals surface area contributed by atoms with Crippen molar-refractivity contribution in [3.05, 3.63) is 65.0 Å². The maximum Gasteiger partial charge on any atom is 0.416 e. The molecule has 1 fully saturated rings. The van der Waals surface area contributed by atoms with Crippen LogP contribution in [0.4, 0.5) is 36.4 Å². The highest BCUT2D eigenvalue weighted by Crippen LogP contribution is 2.30. The Hall–Kier alpha value is -3.73. The highest BCUT2D eigenvalue weighted by Gasteiger charge is 2.30. The summed E-state index contributed by atoms with van der Waals surface area (Å²) in [7, 11) is 0. The van der Waals surface area contributed by atoms with Crippen LogP contribution in [0.5, 0.6) is 0 Å². The summed E-state index contributed by atoms with van der Waals surface area (Å²) in [6, 6.07) is 8.88. The van der Waals surface area contributed by atoms with Gasteiger partial charge in [0.15, 0.2) is 0 Å². The molecule has 196 valence electrons. The molecule has 37 heavy (non-hydrogen) atoms. The maximum absolute atomic E-state index is 12.7. The number of anilines is 4. The first-order valence-electron chi connectivity index (χ1n) is 12.0. The molecule has 2 heterocycles. The summed E-state index contributed by atoms with van der Waals surface area (Å²) in [5, 5.41) is 6.08. The third-order valence-electron chi connectivity index (χ3n) is 6.27. The van der Waals surface area contributed by atoms with Crippen LogP contribution < -0.4 is 15.5 Å². The van der Waals surface area contributed by atoms with E-state index in [2.05, 4.69) is 30.5 Å². The number of piperidine rings is 1. The van der Waals surface area contributed by atoms with Gasteiger partial charge in [-0.3, -0.25) is 4.79 Å². The number of carbonyl (C=O) groups excluding carboxylic acids is 1. The van der Waals surface area contributed by atoms with E-state index in [9.17, 15) is 18.0 Å². The minimum atomic E-state index is -4.34. The molecule has 0 unspecified atom stereocenters. The van der Waals surface area contributed by atoms with Crippen molar-refractivity contribution in [1.29, 1.82) is 0 Å². The van der Waals surface area contributed by atoms with Gasteiger partial charge < -0.3 is 20.3 Å². The molecule has 1 aliphatic heterocycles. The second-order valence-electron chi connectivity index (χ2n) is 9.04. The van der Waals surface area contributed by atoms with Gasteiger partial charge in [0.1, 0.15) is 6.33 Å². The van der Waals surface area contributed by atoms with Gasteiger partial charge in [0, 0.05) is 31.4 Å². The van der Waals surface area contributed by atoms with Gasteiger partial charge in [-0.2, -0.15) is 18.2 Å². The Labute approximate surface area is 213 Å². The number of aryl methyl sites for hydroxylation is 1. The van der Waals surface area contributed by atoms with E-state index in [0.717, 1.165) is 47.5 Å². The molecule has 1 amide bonds. The van der Waals surface area contributed by atoms with Crippen LogP contribution in [-0.2, 0) is 22.3 Å². The van der Waals surface area contributed by atoms with Crippen molar-refractivity contribution in [2.75, 3.05) is 28.6 Å². The molecule has 0 spiro atoms. The van der Waals surface area contributed by atoms with Crippen molar-refractivity contribution in [3.8, 4) is 0 Å². The number of carbonyl (C=O) groups is 1. The molecule has 11 heteroatoms. The minimum absolute atomic E-state index is 0.000352. The lowest BCUT2D eigenvalue weighted by atomic mass is 10.1. The molecule has 1 saturated heterocycles. The quantitative estimate of drug-likeness (QED) is 0.437. The van der Waals surface area contributed by atoms with Crippen LogP contribution in [0.3, 0.4) is 0 Å². The largest absolute Gasteiger partial charge is 0.416 e. The molecule has 0 radical (unpaired) electrons. The number of aromatic nitrogens is 3. The summed E-state index contributed by atoms with van der Waals surface area (Å²) in [6.07, 6.45) is -1.40. The predicted molar refractivity (Wildman–Crippen MR) is 135 cm³/mol. The third-order valence-corrected chi connectivity index (χ3v) is 6.27. The van der Waals surface area contributed by atoms with Gasteiger partial charge in [-0.15, -0.1) is 0 Å². The van der Waals surface area contributed by atoms with Crippen molar-refractivity contribution in [2.45, 2.75) is 52.5 Å². The van der Waals surface area contributed by atoms with Gasteiger partial charge in [0.25, 0.3) is 0 Å². The molecule has 1 aliphatic rings. The van der Waals surface area contributed by atoms with Crippen LogP contribution >= 0.6 is 0 Å². The molecule has 2 N–H and O–H groups in total. The smallest absolute Gasteiger partial charge is 0.373 e. The molecule has 2 aromatic carbocycles. The average molecular weight is 515 g/mol. The molecular formula is C26H29F3N6O2. The Morgan fingerprint density at radius 2 is 1.78 bits per heavy atom. The molecule has 0 saturated carbocycles. The number of alkyl halides is 3. The molecule has 1 aromatic heterocycles. The third kappa shape index (κ3) is 6.73. The number of hydrogen-bond acceptors (Lipinski definition) is 7. The van der Waals surface area contributed by atoms with Crippen LogP contribution in [0.15, 0.2) is 42.7 Å². The summed E-state index contributed by atoms with van der Waals surface area (Å²) >= 11 is 0. The first-order chi connectivity index (χ1) is 17.6. The molecule has 3 aromatic rings. The second kappa shape index (κ2) is 11.1. The number of ether oxygens (including phenoxy) is 1. The SMILES string of the molecule is CC(=O)Nc1c(C)ccc(Nc2ncnc(N3CCC(OCc4ccc(C(F)(F)F)cc4)CC3)n2)c1C. The molecule has 0 atom stereocenters. The normalized spacial score (nSPS) is 14.5. The monoisotopic (exact) mass is 514 g/mol. The van der Waals surface area contributed by atoms with Crippen LogP contribution in [0.25, 0.3) is 0 Å². The number of nitrogens with one attached hydrogen (secondary N) is 2. The number of hydrogen-bond donors (Lipinski definition) is 2. The molecule has 4 rings (SSSR count). The zero-order valence-corrected chi connectivity index (χ0v) is 20.9. The molecule has 0 bridgehead atoms. The topological polar surface area (TPSA) is 92.3 Å². The van der Waals surface area contributed by atoms with E-state index in [1.807, 2.05) is 26.0 Å². The number of rotatable bonds is 7. The summed E-state index contributed by atoms with van der Waals surface area (Å²) in [4.78, 5) is 26.7. The number of benzene rings is 2. The van der Waals surface area contributed by atoms with E-state index >= 15 is 0 Å². The lowest BCUT2D eigenvalue weighted by Crippen LogP contribution is -2.38. The Bertz CT molecular complexity index is 1240. The van der Waals surface area contributed by atoms with Crippen molar-refractivity contribution in [3.63, 3.8) is 0 Å². The van der Waals surface area contributed by atoms with E-state index in [4.69, 9.17) is 4.74 Å². The Morgan fingerprint density at radius 3 is 2.43 bits per heavy atom. The van der Waals surface area contributed by atoms with Crippen molar-refractivity contribution in [1.82, 2.24) is 15.0 Å². The van der Waals surface area contributed by atoms with Crippen molar-refractivity contribution >= 4 is 29.2 Å². The summed E-state index contributed by atoms with van der Waals surface area (Å²) in [5.74, 6) is 0.800. The average Bonchev–Trinajstić information content (AvgIpc) is 2.87. The van der Waals surface area contributed by atoms with Crippen LogP contribution in [-0.4, -0.2) is 40.1 Å². The molecule has 8 nitrogen and oxygen atoms in total. The van der Waals surface area contributed by atoms with Crippen LogP contribution in [0.2, 0.25) is 0 Å². The minimum Gasteiger partial charge on any atom is -0.373 e. The summed E-state index contributed by atoms with van der Waals surface area (Å²) in [6.45, 7) is 6.94. The lowest BCUT2D eigenvalue weighted by Gasteiger charge is -2.32. The summed E-state index contributed by atoms with van der Waals surface area (Å²) in [5.41, 5.74) is 3.41. The number of nitrogens with zero attached hydrogens (tertiary/aromatic N) is 4. The number of halogens is 3. The van der Waals surface area contributed by atoms with Crippen LogP contribution in [0.1, 0.15) is 42.0 Å². The zero-order chi connectivity index (χ0) is 26.6. The predicted octanol–water partition coefficient (Wildman–Crippen LogP) is 5.39. The van der Waals surface area contributed by atoms with Gasteiger partial charge >= 0.3 is 6.18 Å². The highest BCUT2D eigenvalue weighted by atomic mass is 19.4. The molecular weight excluding hydrogens is 485 g/mol. The summed E-state index contributed by atoms with van der Waals surface area (Å²) < 4.78 is 44.1. The van der Waals surface area contributed by atoms with Gasteiger partial charge in [0.2, 0.25) is 17.8 Å². The fourth-order valence-corrected chi connectivity index (χ4v) is 4.20. The van der Waals surface area contributed by atoms with Gasteiger partial charge in [-0.25, -0.2) is 9.97 Å². The van der Waals surface area contributed by atoms with E-state index in [1.165, 1.54) is 25.4 Å². The van der Waals surface area contributed by atoms with Gasteiger partial charge in [0.05, 0.1) is 18.3 Å². The fraction of sp³-hybridized carbons (Fsp3) is 0.385. The van der Waals surface area contributed by atoms with E-state index in [-0.39, 0.29) is 18.6 Å². The lowest BCUT2D eigenvalue weighted by molar-refractivity contribution is -0.137. The van der Waals surface area contributed by atoms with Gasteiger partial charge in [-0.1, -0.05) is 18.2 Å². The standard InChI is InChI=1S/C26H29F3N6O2/c1-16-4-9-22(17(2)23(16)32-18(3)36)33-24-30-15-31-25(34-24)35-12-10-21(11-13-35)37-14-19-5-7-20(8-6-19)26(27,28)29/h4-9,15,21H,10-14H2,1-3H3,(H,32,36)(H,30,31,33,34). The Morgan fingerprint density at radius 1 is 1.08 bits per heavy atom. The van der Waals surface area contributed by atoms with E-state index in [1.54, 1.807) is 0 Å².